The Kier molecular flexibility index (Phi) is 5.92. The van der Waals surface area contributed by atoms with Crippen molar-refractivity contribution >= 4 is 34.0 Å². The van der Waals surface area contributed by atoms with Gasteiger partial charge in [0.2, 0.25) is 0 Å². The quantitative estimate of drug-likeness (QED) is 0.814. The molecule has 2 aromatic rings. The smallest absolute Gasteiger partial charge is 0.311 e. The van der Waals surface area contributed by atoms with Crippen molar-refractivity contribution in [3.05, 3.63) is 40.4 Å². The van der Waals surface area contributed by atoms with Crippen LogP contribution in [0.25, 0.3) is 0 Å². The van der Waals surface area contributed by atoms with Crippen molar-refractivity contribution in [3.8, 4) is 0 Å². The molecule has 7 heteroatoms. The highest BCUT2D eigenvalue weighted by Gasteiger charge is 2.13. The maximum Gasteiger partial charge on any atom is 0.311 e. The maximum absolute atomic E-state index is 12.3. The molecule has 0 bridgehead atoms. The van der Waals surface area contributed by atoms with Gasteiger partial charge in [0.15, 0.2) is 5.13 Å². The number of rotatable bonds is 6. The standard InChI is InChI=1S/C17H21N3O3S/c1-5-23-15(21)9-13-10-24-17(18-13)19-16(22)12-6-7-14(20(3)4)11(2)8-12/h6-8,10H,5,9H2,1-4H3,(H,18,19,22). The Labute approximate surface area is 145 Å². The number of carbonyl (C=O) groups is 2. The van der Waals surface area contributed by atoms with Gasteiger partial charge in [0.05, 0.1) is 18.7 Å². The highest BCUT2D eigenvalue weighted by molar-refractivity contribution is 7.14. The van der Waals surface area contributed by atoms with E-state index in [0.717, 1.165) is 11.3 Å². The van der Waals surface area contributed by atoms with Crippen molar-refractivity contribution in [2.45, 2.75) is 20.3 Å². The van der Waals surface area contributed by atoms with Crippen LogP contribution in [-0.2, 0) is 16.0 Å². The molecular weight excluding hydrogens is 326 g/mol. The highest BCUT2D eigenvalue weighted by atomic mass is 32.1. The second kappa shape index (κ2) is 7.92. The van der Waals surface area contributed by atoms with Gasteiger partial charge in [0.25, 0.3) is 5.91 Å². The molecule has 0 radical (unpaired) electrons. The topological polar surface area (TPSA) is 71.5 Å². The van der Waals surface area contributed by atoms with Gasteiger partial charge in [0.1, 0.15) is 0 Å². The van der Waals surface area contributed by atoms with Gasteiger partial charge >= 0.3 is 5.97 Å². The zero-order chi connectivity index (χ0) is 17.7. The van der Waals surface area contributed by atoms with Crippen LogP contribution in [0.4, 0.5) is 10.8 Å². The number of esters is 1. The molecule has 0 unspecified atom stereocenters. The van der Waals surface area contributed by atoms with Crippen LogP contribution in [0.1, 0.15) is 28.5 Å². The van der Waals surface area contributed by atoms with Crippen molar-refractivity contribution in [2.24, 2.45) is 0 Å². The minimum Gasteiger partial charge on any atom is -0.466 e. The molecule has 1 amide bonds. The second-order valence-corrected chi connectivity index (χ2v) is 6.33. The van der Waals surface area contributed by atoms with Crippen LogP contribution < -0.4 is 10.2 Å². The maximum atomic E-state index is 12.3. The van der Waals surface area contributed by atoms with Crippen LogP contribution in [-0.4, -0.2) is 37.6 Å². The first kappa shape index (κ1) is 17.9. The summed E-state index contributed by atoms with van der Waals surface area (Å²) in [6.45, 7) is 4.07. The Balaban J connectivity index is 2.03. The summed E-state index contributed by atoms with van der Waals surface area (Å²) in [4.78, 5) is 30.0. The van der Waals surface area contributed by atoms with E-state index in [-0.39, 0.29) is 18.3 Å². The highest BCUT2D eigenvalue weighted by Crippen LogP contribution is 2.21. The Hall–Kier alpha value is -2.41. The van der Waals surface area contributed by atoms with Gasteiger partial charge in [-0.05, 0) is 37.6 Å². The third-order valence-electron chi connectivity index (χ3n) is 3.34. The van der Waals surface area contributed by atoms with E-state index < -0.39 is 0 Å². The van der Waals surface area contributed by atoms with Crippen LogP contribution in [0.3, 0.4) is 0 Å². The molecule has 0 spiro atoms. The van der Waals surface area contributed by atoms with Crippen molar-refractivity contribution in [1.82, 2.24) is 4.98 Å². The second-order valence-electron chi connectivity index (χ2n) is 5.48. The monoisotopic (exact) mass is 347 g/mol. The molecule has 0 saturated heterocycles. The molecule has 0 aliphatic rings. The fourth-order valence-electron chi connectivity index (χ4n) is 2.27. The van der Waals surface area contributed by atoms with Crippen LogP contribution >= 0.6 is 11.3 Å². The lowest BCUT2D eigenvalue weighted by atomic mass is 10.1. The summed E-state index contributed by atoms with van der Waals surface area (Å²) < 4.78 is 4.88. The third-order valence-corrected chi connectivity index (χ3v) is 4.15. The summed E-state index contributed by atoms with van der Waals surface area (Å²) in [6.07, 6.45) is 0.108. The normalized spacial score (nSPS) is 10.3. The first-order valence-corrected chi connectivity index (χ1v) is 8.48. The summed E-state index contributed by atoms with van der Waals surface area (Å²) >= 11 is 1.29. The molecule has 1 N–H and O–H groups in total. The van der Waals surface area contributed by atoms with Gasteiger partial charge in [-0.1, -0.05) is 0 Å². The van der Waals surface area contributed by atoms with E-state index in [9.17, 15) is 9.59 Å². The van der Waals surface area contributed by atoms with Gasteiger partial charge in [0, 0.05) is 30.7 Å². The van der Waals surface area contributed by atoms with Crippen LogP contribution in [0.2, 0.25) is 0 Å². The lowest BCUT2D eigenvalue weighted by molar-refractivity contribution is -0.142. The minimum atomic E-state index is -0.324. The van der Waals surface area contributed by atoms with Gasteiger partial charge in [-0.2, -0.15) is 0 Å². The first-order chi connectivity index (χ1) is 11.4. The summed E-state index contributed by atoms with van der Waals surface area (Å²) in [7, 11) is 3.92. The summed E-state index contributed by atoms with van der Waals surface area (Å²) in [5, 5.41) is 4.97. The van der Waals surface area contributed by atoms with E-state index in [4.69, 9.17) is 4.74 Å². The van der Waals surface area contributed by atoms with E-state index >= 15 is 0 Å². The molecule has 1 aromatic heterocycles. The van der Waals surface area contributed by atoms with Gasteiger partial charge < -0.3 is 9.64 Å². The number of anilines is 2. The van der Waals surface area contributed by atoms with Crippen LogP contribution in [0.15, 0.2) is 23.6 Å². The van der Waals surface area contributed by atoms with Crippen molar-refractivity contribution in [3.63, 3.8) is 0 Å². The number of carbonyl (C=O) groups excluding carboxylic acids is 2. The Morgan fingerprint density at radius 2 is 2.08 bits per heavy atom. The molecule has 0 aliphatic heterocycles. The van der Waals surface area contributed by atoms with E-state index in [1.165, 1.54) is 11.3 Å². The van der Waals surface area contributed by atoms with E-state index in [2.05, 4.69) is 10.3 Å². The number of aryl methyl sites for hydroxylation is 1. The fraction of sp³-hybridized carbons (Fsp3) is 0.353. The Morgan fingerprint density at radius 1 is 1.33 bits per heavy atom. The lowest BCUT2D eigenvalue weighted by Gasteiger charge is -2.16. The van der Waals surface area contributed by atoms with Crippen molar-refractivity contribution in [1.29, 1.82) is 0 Å². The largest absolute Gasteiger partial charge is 0.466 e. The molecule has 0 saturated carbocycles. The van der Waals surface area contributed by atoms with Gasteiger partial charge in [-0.15, -0.1) is 11.3 Å². The molecule has 0 fully saturated rings. The fourth-order valence-corrected chi connectivity index (χ4v) is 2.98. The Bertz CT molecular complexity index is 740. The third kappa shape index (κ3) is 4.55. The Morgan fingerprint density at radius 3 is 2.71 bits per heavy atom. The molecule has 0 atom stereocenters. The molecule has 1 aromatic carbocycles. The SMILES string of the molecule is CCOC(=O)Cc1csc(NC(=O)c2ccc(N(C)C)c(C)c2)n1. The number of aromatic nitrogens is 1. The van der Waals surface area contributed by atoms with Crippen LogP contribution in [0.5, 0.6) is 0 Å². The number of hydrogen-bond acceptors (Lipinski definition) is 6. The zero-order valence-corrected chi connectivity index (χ0v) is 15.1. The average Bonchev–Trinajstić information content (AvgIpc) is 2.93. The predicted octanol–water partition coefficient (Wildman–Crippen LogP) is 2.88. The van der Waals surface area contributed by atoms with E-state index in [1.807, 2.05) is 38.1 Å². The number of hydrogen-bond donors (Lipinski definition) is 1. The van der Waals surface area contributed by atoms with Crippen molar-refractivity contribution < 1.29 is 14.3 Å². The van der Waals surface area contributed by atoms with Crippen LogP contribution in [0, 0.1) is 6.92 Å². The molecule has 6 nitrogen and oxygen atoms in total. The molecule has 24 heavy (non-hydrogen) atoms. The number of nitrogens with one attached hydrogen (secondary N) is 1. The summed E-state index contributed by atoms with van der Waals surface area (Å²) in [5.41, 5.74) is 3.25. The van der Waals surface area contributed by atoms with Gasteiger partial charge in [-0.25, -0.2) is 4.98 Å². The minimum absolute atomic E-state index is 0.108. The number of nitrogens with zero attached hydrogens (tertiary/aromatic N) is 2. The molecular formula is C17H21N3O3S. The average molecular weight is 347 g/mol. The molecule has 1 heterocycles. The van der Waals surface area contributed by atoms with Crippen molar-refractivity contribution in [2.75, 3.05) is 30.9 Å². The lowest BCUT2D eigenvalue weighted by Crippen LogP contribution is -2.14. The van der Waals surface area contributed by atoms with E-state index in [1.54, 1.807) is 18.4 Å². The number of ether oxygens (including phenoxy) is 1. The first-order valence-electron chi connectivity index (χ1n) is 7.60. The molecule has 128 valence electrons. The van der Waals surface area contributed by atoms with Gasteiger partial charge in [-0.3, -0.25) is 14.9 Å². The summed E-state index contributed by atoms with van der Waals surface area (Å²) in [5.74, 6) is -0.545. The number of thiazole rings is 1. The van der Waals surface area contributed by atoms with E-state index in [0.29, 0.717) is 23.0 Å². The zero-order valence-electron chi connectivity index (χ0n) is 14.3. The molecule has 2 rings (SSSR count). The summed E-state index contributed by atoms with van der Waals surface area (Å²) in [6, 6.07) is 5.54. The number of amides is 1. The predicted molar refractivity (Wildman–Crippen MR) is 95.9 cm³/mol. The molecule has 0 aliphatic carbocycles. The number of benzene rings is 1.